The summed E-state index contributed by atoms with van der Waals surface area (Å²) in [6, 6.07) is 0.381. The zero-order chi connectivity index (χ0) is 10.3. The summed E-state index contributed by atoms with van der Waals surface area (Å²) in [5.74, 6) is -0.286. The summed E-state index contributed by atoms with van der Waals surface area (Å²) in [7, 11) is 0. The molecule has 0 fully saturated rings. The summed E-state index contributed by atoms with van der Waals surface area (Å²) in [6.45, 7) is 5.66. The van der Waals surface area contributed by atoms with E-state index in [2.05, 4.69) is 37.2 Å². The van der Waals surface area contributed by atoms with Crippen LogP contribution in [0.5, 0.6) is 0 Å². The van der Waals surface area contributed by atoms with E-state index in [1.165, 1.54) is 6.04 Å². The van der Waals surface area contributed by atoms with Gasteiger partial charge in [-0.05, 0) is 19.4 Å². The van der Waals surface area contributed by atoms with Crippen LogP contribution in [0.25, 0.3) is 0 Å². The highest BCUT2D eigenvalue weighted by Gasteiger charge is 2.03. The van der Waals surface area contributed by atoms with Crippen LogP contribution in [-0.2, 0) is 9.53 Å². The maximum atomic E-state index is 10.9. The van der Waals surface area contributed by atoms with Gasteiger partial charge in [-0.15, -0.1) is 30.6 Å². The van der Waals surface area contributed by atoms with E-state index >= 15 is 0 Å². The highest BCUT2D eigenvalue weighted by molar-refractivity contribution is 9.49. The number of ether oxygens (including phenoxy) is 1. The molecule has 0 unspecified atom stereocenters. The van der Waals surface area contributed by atoms with Crippen LogP contribution in [0.15, 0.2) is 12.2 Å². The molecule has 0 aromatic heterocycles. The van der Waals surface area contributed by atoms with Gasteiger partial charge in [-0.25, -0.2) is 4.79 Å². The van der Waals surface area contributed by atoms with Gasteiger partial charge in [-0.1, -0.05) is 13.0 Å². The molecule has 0 atom stereocenters. The Kier molecular flexibility index (Phi) is 7.99. The van der Waals surface area contributed by atoms with Gasteiger partial charge in [0.15, 0.2) is 6.04 Å². The summed E-state index contributed by atoms with van der Waals surface area (Å²) < 4.78 is 4.93. The van der Waals surface area contributed by atoms with E-state index in [0.717, 1.165) is 12.8 Å². The minimum atomic E-state index is -0.791. The Labute approximate surface area is 96.5 Å². The maximum absolute atomic E-state index is 10.9. The van der Waals surface area contributed by atoms with E-state index in [9.17, 15) is 4.79 Å². The molecule has 0 aliphatic heterocycles. The standard InChI is InChI=1S/C8H14Br2O2Si/c1-7(2)8(11)12-5-3-4-6-13(9)10/h13H,1,3-6H2,2H3. The van der Waals surface area contributed by atoms with E-state index in [-0.39, 0.29) is 5.97 Å². The minimum absolute atomic E-state index is 0.286. The van der Waals surface area contributed by atoms with Crippen molar-refractivity contribution in [1.29, 1.82) is 0 Å². The Morgan fingerprint density at radius 2 is 2.08 bits per heavy atom. The third-order valence-corrected chi connectivity index (χ3v) is 4.99. The number of halogens is 2. The second-order valence-corrected chi connectivity index (χ2v) is 14.5. The monoisotopic (exact) mass is 328 g/mol. The third kappa shape index (κ3) is 8.71. The fourth-order valence-corrected chi connectivity index (χ4v) is 3.23. The third-order valence-electron chi connectivity index (χ3n) is 1.40. The van der Waals surface area contributed by atoms with Crippen molar-refractivity contribution in [2.75, 3.05) is 6.61 Å². The van der Waals surface area contributed by atoms with Gasteiger partial charge >= 0.3 is 5.97 Å². The fourth-order valence-electron chi connectivity index (χ4n) is 0.689. The average Bonchev–Trinajstić information content (AvgIpc) is 2.02. The van der Waals surface area contributed by atoms with E-state index in [4.69, 9.17) is 4.74 Å². The average molecular weight is 330 g/mol. The summed E-state index contributed by atoms with van der Waals surface area (Å²) in [5, 5.41) is 0. The van der Waals surface area contributed by atoms with Crippen LogP contribution in [0.2, 0.25) is 6.04 Å². The lowest BCUT2D eigenvalue weighted by Gasteiger charge is -2.03. The van der Waals surface area contributed by atoms with Crippen molar-refractivity contribution in [2.45, 2.75) is 25.8 Å². The summed E-state index contributed by atoms with van der Waals surface area (Å²) in [6.07, 6.45) is 2.02. The van der Waals surface area contributed by atoms with Crippen LogP contribution in [0, 0.1) is 0 Å². The molecule has 0 saturated heterocycles. The molecule has 13 heavy (non-hydrogen) atoms. The van der Waals surface area contributed by atoms with Crippen LogP contribution < -0.4 is 0 Å². The van der Waals surface area contributed by atoms with Crippen LogP contribution >= 0.6 is 30.6 Å². The largest absolute Gasteiger partial charge is 0.462 e. The number of carbonyl (C=O) groups excluding carboxylic acids is 1. The molecule has 0 spiro atoms. The van der Waals surface area contributed by atoms with Gasteiger partial charge in [-0.2, -0.15) is 0 Å². The predicted molar refractivity (Wildman–Crippen MR) is 64.8 cm³/mol. The molecule has 0 amide bonds. The predicted octanol–water partition coefficient (Wildman–Crippen LogP) is 2.90. The number of hydrogen-bond acceptors (Lipinski definition) is 2. The highest BCUT2D eigenvalue weighted by Crippen LogP contribution is 2.12. The normalized spacial score (nSPS) is 10.2. The zero-order valence-electron chi connectivity index (χ0n) is 7.69. The molecule has 0 aromatic carbocycles. The first-order chi connectivity index (χ1) is 6.04. The lowest BCUT2D eigenvalue weighted by Crippen LogP contribution is -2.06. The molecule has 0 bridgehead atoms. The second-order valence-electron chi connectivity index (χ2n) is 2.80. The Balaban J connectivity index is 3.26. The van der Waals surface area contributed by atoms with Crippen molar-refractivity contribution in [2.24, 2.45) is 0 Å². The second kappa shape index (κ2) is 7.76. The number of rotatable bonds is 6. The van der Waals surface area contributed by atoms with Gasteiger partial charge in [0, 0.05) is 5.57 Å². The molecule has 0 aromatic rings. The molecule has 76 valence electrons. The molecular formula is C8H14Br2O2Si. The summed E-state index contributed by atoms with van der Waals surface area (Å²) in [4.78, 5) is 10.9. The van der Waals surface area contributed by atoms with Crippen LogP contribution in [0.1, 0.15) is 19.8 Å². The molecular weight excluding hydrogens is 316 g/mol. The van der Waals surface area contributed by atoms with Crippen molar-refractivity contribution in [3.8, 4) is 0 Å². The van der Waals surface area contributed by atoms with Crippen LogP contribution in [0.4, 0.5) is 0 Å². The number of unbranched alkanes of at least 4 members (excludes halogenated alkanes) is 1. The first-order valence-electron chi connectivity index (χ1n) is 4.15. The summed E-state index contributed by atoms with van der Waals surface area (Å²) in [5.41, 5.74) is 0.466. The first-order valence-corrected chi connectivity index (χ1v) is 11.3. The Hall–Kier alpha value is 0.387. The molecule has 0 heterocycles. The van der Waals surface area contributed by atoms with Gasteiger partial charge in [0.1, 0.15) is 0 Å². The molecule has 0 aliphatic rings. The minimum Gasteiger partial charge on any atom is -0.462 e. The van der Waals surface area contributed by atoms with Crippen LogP contribution in [0.3, 0.4) is 0 Å². The Bertz CT molecular complexity index is 183. The smallest absolute Gasteiger partial charge is 0.333 e. The van der Waals surface area contributed by atoms with Gasteiger partial charge < -0.3 is 4.74 Å². The van der Waals surface area contributed by atoms with Gasteiger partial charge in [0.25, 0.3) is 0 Å². The fraction of sp³-hybridized carbons (Fsp3) is 0.625. The number of esters is 1. The zero-order valence-corrected chi connectivity index (χ0v) is 12.0. The molecule has 0 radical (unpaired) electrons. The van der Waals surface area contributed by atoms with Crippen molar-refractivity contribution in [3.05, 3.63) is 12.2 Å². The SMILES string of the molecule is C=C(C)C(=O)OCCCC[SiH](Br)Br. The number of hydrogen-bond donors (Lipinski definition) is 0. The Morgan fingerprint density at radius 1 is 1.46 bits per heavy atom. The van der Waals surface area contributed by atoms with E-state index in [1.54, 1.807) is 6.92 Å². The molecule has 0 aliphatic carbocycles. The topological polar surface area (TPSA) is 26.3 Å². The van der Waals surface area contributed by atoms with E-state index in [0.29, 0.717) is 12.2 Å². The maximum Gasteiger partial charge on any atom is 0.333 e. The van der Waals surface area contributed by atoms with Crippen molar-refractivity contribution < 1.29 is 9.53 Å². The molecule has 0 rings (SSSR count). The molecule has 0 N–H and O–H groups in total. The van der Waals surface area contributed by atoms with Crippen molar-refractivity contribution >= 4 is 42.6 Å². The Morgan fingerprint density at radius 3 is 2.54 bits per heavy atom. The summed E-state index contributed by atoms with van der Waals surface area (Å²) >= 11 is 7.02. The lowest BCUT2D eigenvalue weighted by atomic mass is 10.3. The highest BCUT2D eigenvalue weighted by atomic mass is 79.9. The number of carbonyl (C=O) groups is 1. The van der Waals surface area contributed by atoms with Gasteiger partial charge in [-0.3, -0.25) is 0 Å². The van der Waals surface area contributed by atoms with E-state index < -0.39 is 6.04 Å². The quantitative estimate of drug-likeness (QED) is 0.246. The molecule has 0 saturated carbocycles. The van der Waals surface area contributed by atoms with Gasteiger partial charge in [0.05, 0.1) is 6.61 Å². The van der Waals surface area contributed by atoms with Gasteiger partial charge in [0.2, 0.25) is 0 Å². The van der Waals surface area contributed by atoms with E-state index in [1.807, 2.05) is 0 Å². The van der Waals surface area contributed by atoms with Crippen molar-refractivity contribution in [3.63, 3.8) is 0 Å². The molecule has 2 nitrogen and oxygen atoms in total. The van der Waals surface area contributed by atoms with Crippen LogP contribution in [-0.4, -0.2) is 18.6 Å². The first kappa shape index (κ1) is 13.4. The lowest BCUT2D eigenvalue weighted by molar-refractivity contribution is -0.139. The van der Waals surface area contributed by atoms with Crippen molar-refractivity contribution in [1.82, 2.24) is 0 Å². The molecule has 5 heteroatoms.